The van der Waals surface area contributed by atoms with Gasteiger partial charge in [-0.15, -0.1) is 0 Å². The van der Waals surface area contributed by atoms with Crippen LogP contribution in [0.1, 0.15) is 165 Å². The number of carbonyl (C=O) groups excluding carboxylic acids is 2. The molecule has 3 aromatic rings. The number of esters is 2. The predicted molar refractivity (Wildman–Crippen MR) is 303 cm³/mol. The number of hydrogen-bond acceptors (Lipinski definition) is 11. The Hall–Kier alpha value is -4.42. The van der Waals surface area contributed by atoms with E-state index in [2.05, 4.69) is 116 Å². The van der Waals surface area contributed by atoms with Gasteiger partial charge in [-0.05, 0) is 214 Å². The molecule has 1 saturated heterocycles. The van der Waals surface area contributed by atoms with Crippen molar-refractivity contribution in [3.63, 3.8) is 0 Å². The monoisotopic (exact) mass is 1040 g/mol. The summed E-state index contributed by atoms with van der Waals surface area (Å²) in [4.78, 5) is 30.2. The van der Waals surface area contributed by atoms with Crippen LogP contribution in [0.5, 0.6) is 0 Å². The molecule has 4 bridgehead atoms. The first-order valence-corrected chi connectivity index (χ1v) is 30.3. The van der Waals surface area contributed by atoms with Gasteiger partial charge in [0.05, 0.1) is 65.4 Å². The van der Waals surface area contributed by atoms with Crippen molar-refractivity contribution in [3.05, 3.63) is 95.6 Å². The fraction of sp³-hybridized carbons (Fsp3) is 0.625. The predicted octanol–water partition coefficient (Wildman–Crippen LogP) is 14.5. The number of hydrazone groups is 1. The number of anilines is 1. The number of nitrogens with zero attached hydrogens (tertiary/aromatic N) is 3. The largest absolute Gasteiger partial charge is 0.465 e. The number of epoxide rings is 1. The maximum absolute atomic E-state index is 12.6. The van der Waals surface area contributed by atoms with Crippen molar-refractivity contribution in [2.24, 2.45) is 52.4 Å². The van der Waals surface area contributed by atoms with Crippen LogP contribution in [0.15, 0.2) is 84.0 Å². The number of benzene rings is 2. The Labute approximate surface area is 451 Å². The van der Waals surface area contributed by atoms with Crippen molar-refractivity contribution in [1.82, 2.24) is 4.98 Å². The van der Waals surface area contributed by atoms with Crippen molar-refractivity contribution in [3.8, 4) is 0 Å². The molecule has 0 N–H and O–H groups in total. The van der Waals surface area contributed by atoms with Gasteiger partial charge in [0.2, 0.25) is 5.13 Å². The molecule has 2 aromatic carbocycles. The molecule has 0 amide bonds. The Balaban J connectivity index is 0.698. The number of ether oxygens (including phenoxy) is 5. The summed E-state index contributed by atoms with van der Waals surface area (Å²) >= 11 is 1.70. The number of rotatable bonds is 28. The number of allylic oxidation sites excluding steroid dienone is 6. The first-order valence-electron chi connectivity index (χ1n) is 29.5. The lowest BCUT2D eigenvalue weighted by Gasteiger charge is -2.27. The number of unbranched alkanes of at least 4 members (excludes halogenated alkanes) is 5. The number of hydrogen-bond donors (Lipinski definition) is 0. The SMILES string of the molecule is CC1(C)OC1CCCCN(/N=C/c1cc(/C=C/C2CCC(OCCCCCOC(=O)C3CC4C=CC3C4)CC2)ccc1/C=C/C1CCC(OCCCCCOC(=O)C2CC3C=CC2C3)CC1)c1nc2ccccc2s1. The molecule has 1 aliphatic heterocycles. The van der Waals surface area contributed by atoms with Gasteiger partial charge in [0.1, 0.15) is 0 Å². The zero-order chi connectivity index (χ0) is 51.4. The summed E-state index contributed by atoms with van der Waals surface area (Å²) in [6.07, 6.45) is 43.6. The van der Waals surface area contributed by atoms with Crippen LogP contribution < -0.4 is 5.01 Å². The fourth-order valence-electron chi connectivity index (χ4n) is 12.9. The highest BCUT2D eigenvalue weighted by molar-refractivity contribution is 7.22. The molecule has 5 fully saturated rings. The smallest absolute Gasteiger partial charge is 0.309 e. The van der Waals surface area contributed by atoms with Crippen molar-refractivity contribution >= 4 is 57.0 Å². The summed E-state index contributed by atoms with van der Waals surface area (Å²) in [5.41, 5.74) is 4.49. The van der Waals surface area contributed by atoms with Gasteiger partial charge in [-0.3, -0.25) is 9.59 Å². The molecule has 10 nitrogen and oxygen atoms in total. The van der Waals surface area contributed by atoms with Gasteiger partial charge in [-0.1, -0.05) is 84.2 Å². The molecule has 75 heavy (non-hydrogen) atoms. The van der Waals surface area contributed by atoms with Crippen LogP contribution in [0.4, 0.5) is 5.13 Å². The van der Waals surface area contributed by atoms with Crippen LogP contribution in [0.2, 0.25) is 0 Å². The van der Waals surface area contributed by atoms with E-state index in [9.17, 15) is 9.59 Å². The zero-order valence-corrected chi connectivity index (χ0v) is 45.9. The molecule has 0 spiro atoms. The molecule has 7 unspecified atom stereocenters. The van der Waals surface area contributed by atoms with Crippen LogP contribution >= 0.6 is 11.3 Å². The Bertz CT molecular complexity index is 2460. The average molecular weight is 1040 g/mol. The minimum Gasteiger partial charge on any atom is -0.465 e. The fourth-order valence-corrected chi connectivity index (χ4v) is 13.9. The topological polar surface area (TPSA) is 112 Å². The lowest BCUT2D eigenvalue weighted by atomic mass is 9.86. The molecule has 1 aromatic heterocycles. The summed E-state index contributed by atoms with van der Waals surface area (Å²) in [5.74, 6) is 3.24. The van der Waals surface area contributed by atoms with Crippen LogP contribution in [-0.4, -0.2) is 80.0 Å². The number of carbonyl (C=O) groups is 2. The van der Waals surface area contributed by atoms with E-state index in [4.69, 9.17) is 33.8 Å². The summed E-state index contributed by atoms with van der Waals surface area (Å²) < 4.78 is 31.1. The van der Waals surface area contributed by atoms with Crippen molar-refractivity contribution in [1.29, 1.82) is 0 Å². The highest BCUT2D eigenvalue weighted by atomic mass is 32.1. The molecule has 2 heterocycles. The third kappa shape index (κ3) is 15.2. The lowest BCUT2D eigenvalue weighted by molar-refractivity contribution is -0.150. The van der Waals surface area contributed by atoms with Gasteiger partial charge in [0.15, 0.2) is 0 Å². The summed E-state index contributed by atoms with van der Waals surface area (Å²) in [6, 6.07) is 15.2. The van der Waals surface area contributed by atoms with E-state index in [0.717, 1.165) is 171 Å². The Morgan fingerprint density at radius 1 is 0.680 bits per heavy atom. The first kappa shape index (κ1) is 54.0. The van der Waals surface area contributed by atoms with Crippen molar-refractivity contribution in [2.45, 2.75) is 173 Å². The van der Waals surface area contributed by atoms with E-state index in [1.807, 2.05) is 0 Å². The van der Waals surface area contributed by atoms with Gasteiger partial charge < -0.3 is 23.7 Å². The van der Waals surface area contributed by atoms with Crippen molar-refractivity contribution in [2.75, 3.05) is 38.0 Å². The molecule has 404 valence electrons. The third-order valence-electron chi connectivity index (χ3n) is 17.7. The molecule has 4 saturated carbocycles. The minimum absolute atomic E-state index is 0.0101. The Kier molecular flexibility index (Phi) is 18.9. The van der Waals surface area contributed by atoms with Crippen LogP contribution in [-0.2, 0) is 33.3 Å². The molecule has 6 aliphatic carbocycles. The van der Waals surface area contributed by atoms with Crippen LogP contribution in [0.25, 0.3) is 22.4 Å². The normalized spacial score (nSPS) is 29.4. The lowest BCUT2D eigenvalue weighted by Crippen LogP contribution is -2.22. The maximum Gasteiger partial charge on any atom is 0.309 e. The van der Waals surface area contributed by atoms with E-state index < -0.39 is 0 Å². The maximum atomic E-state index is 12.6. The standard InChI is InChI=1S/C64H85N3O7S/c1-64(2)60(74-64)15-7-8-34-67(63-66-58-13-5-6-14-59(58)75-63)65-44-53-39-47(17-16-45-22-30-54(31-23-45)70-35-9-3-11-37-72-61(68)56-42-48-20-28-51(56)40-48)19-27-50(53)26-18-46-24-32-55(33-25-46)71-36-10-4-12-38-73-62(69)57-43-49-21-29-52(57)41-49/h5-6,13-14,16-21,26-29,39,44-46,48-49,51-52,54-57,60H,3-4,7-12,15,22-25,30-38,40-43H2,1-2H3/b17-16+,26-18+,65-44+. The summed E-state index contributed by atoms with van der Waals surface area (Å²) in [5, 5.41) is 8.27. The van der Waals surface area contributed by atoms with E-state index in [0.29, 0.717) is 67.0 Å². The van der Waals surface area contributed by atoms with E-state index in [1.54, 1.807) is 11.3 Å². The molecule has 11 heteroatoms. The number of fused-ring (bicyclic) bond motifs is 5. The zero-order valence-electron chi connectivity index (χ0n) is 45.1. The molecule has 10 rings (SSSR count). The van der Waals surface area contributed by atoms with Gasteiger partial charge in [-0.25, -0.2) is 9.99 Å². The summed E-state index contributed by atoms with van der Waals surface area (Å²) in [7, 11) is 0. The van der Waals surface area contributed by atoms with Crippen LogP contribution in [0.3, 0.4) is 0 Å². The highest BCUT2D eigenvalue weighted by Crippen LogP contribution is 2.45. The van der Waals surface area contributed by atoms with Gasteiger partial charge >= 0.3 is 11.9 Å². The van der Waals surface area contributed by atoms with Gasteiger partial charge in [0.25, 0.3) is 0 Å². The first-order chi connectivity index (χ1) is 36.7. The highest BCUT2D eigenvalue weighted by Gasteiger charge is 2.47. The van der Waals surface area contributed by atoms with Gasteiger partial charge in [0, 0.05) is 25.3 Å². The minimum atomic E-state index is 0.0101. The van der Waals surface area contributed by atoms with Crippen LogP contribution in [0, 0.1) is 47.3 Å². The number of thiazole rings is 1. The molecule has 7 aliphatic rings. The Morgan fingerprint density at radius 3 is 1.83 bits per heavy atom. The molecular formula is C64H85N3O7S. The molecule has 7 atom stereocenters. The van der Waals surface area contributed by atoms with E-state index in [-0.39, 0.29) is 29.4 Å². The second-order valence-corrected chi connectivity index (χ2v) is 24.7. The summed E-state index contributed by atoms with van der Waals surface area (Å²) in [6.45, 7) is 7.77. The molecule has 0 radical (unpaired) electrons. The third-order valence-corrected chi connectivity index (χ3v) is 18.7. The number of aromatic nitrogens is 1. The second kappa shape index (κ2) is 26.3. The van der Waals surface area contributed by atoms with Crippen molar-refractivity contribution < 1.29 is 33.3 Å². The second-order valence-electron chi connectivity index (χ2n) is 23.7. The van der Waals surface area contributed by atoms with E-state index in [1.165, 1.54) is 15.8 Å². The quantitative estimate of drug-likeness (QED) is 0.0175. The average Bonchev–Trinajstić information content (AvgIpc) is 4.18. The Morgan fingerprint density at radius 2 is 1.27 bits per heavy atom. The van der Waals surface area contributed by atoms with E-state index >= 15 is 0 Å². The number of para-hydroxylation sites is 1. The van der Waals surface area contributed by atoms with Gasteiger partial charge in [-0.2, -0.15) is 5.10 Å². The molecular weight excluding hydrogens is 955 g/mol.